The number of nitrogens with two attached hydrogens (primary N) is 1. The van der Waals surface area contributed by atoms with Crippen molar-refractivity contribution in [2.75, 3.05) is 13.2 Å². The number of halogens is 1. The van der Waals surface area contributed by atoms with Crippen molar-refractivity contribution in [2.45, 2.75) is 26.3 Å². The van der Waals surface area contributed by atoms with Gasteiger partial charge in [0.25, 0.3) is 0 Å². The Balaban J connectivity index is 0. The third-order valence-corrected chi connectivity index (χ3v) is 1.27. The fourth-order valence-electron chi connectivity index (χ4n) is 0.752. The molecule has 0 aromatic rings. The first-order chi connectivity index (χ1) is 5.20. The largest absolute Gasteiger partial charge is 0.502 e. The smallest absolute Gasteiger partial charge is 0.0845 e. The van der Waals surface area contributed by atoms with Crippen LogP contribution < -0.4 is 5.73 Å². The summed E-state index contributed by atoms with van der Waals surface area (Å²) in [6, 6.07) is -0.160. The van der Waals surface area contributed by atoms with E-state index in [0.717, 1.165) is 5.57 Å². The van der Waals surface area contributed by atoms with Crippen LogP contribution in [-0.4, -0.2) is 24.4 Å². The average molecular weight is 196 g/mol. The Kier molecular flexibility index (Phi) is 10.5. The number of ether oxygens (including phenoxy) is 1. The van der Waals surface area contributed by atoms with Gasteiger partial charge in [-0.3, -0.25) is 0 Å². The first kappa shape index (κ1) is 14.3. The molecule has 4 heteroatoms. The Labute approximate surface area is 80.0 Å². The van der Waals surface area contributed by atoms with Crippen molar-refractivity contribution in [3.05, 3.63) is 11.8 Å². The van der Waals surface area contributed by atoms with Gasteiger partial charge in [-0.15, -0.1) is 12.4 Å². The lowest BCUT2D eigenvalue weighted by Crippen LogP contribution is -2.24. The molecule has 3 N–H and O–H groups in total. The molecule has 12 heavy (non-hydrogen) atoms. The fourth-order valence-corrected chi connectivity index (χ4v) is 0.752. The molecule has 0 fully saturated rings. The minimum atomic E-state index is -0.160. The maximum Gasteiger partial charge on any atom is 0.0845 e. The fraction of sp³-hybridized carbons (Fsp3) is 0.750. The van der Waals surface area contributed by atoms with Crippen LogP contribution in [0.25, 0.3) is 0 Å². The normalized spacial score (nSPS) is 13.5. The molecular formula is C8H18ClNO2. The van der Waals surface area contributed by atoms with E-state index in [9.17, 15) is 0 Å². The lowest BCUT2D eigenvalue weighted by atomic mass is 10.1. The highest BCUT2D eigenvalue weighted by molar-refractivity contribution is 5.85. The zero-order chi connectivity index (χ0) is 8.69. The first-order valence-electron chi connectivity index (χ1n) is 3.84. The molecule has 1 atom stereocenters. The van der Waals surface area contributed by atoms with E-state index in [1.54, 1.807) is 6.26 Å². The van der Waals surface area contributed by atoms with Crippen LogP contribution in [0.15, 0.2) is 11.8 Å². The summed E-state index contributed by atoms with van der Waals surface area (Å²) in [5.41, 5.74) is 6.56. The maximum atomic E-state index is 8.62. The minimum Gasteiger partial charge on any atom is -0.502 e. The van der Waals surface area contributed by atoms with Gasteiger partial charge in [-0.05, 0) is 25.8 Å². The van der Waals surface area contributed by atoms with Gasteiger partial charge in [-0.25, -0.2) is 0 Å². The van der Waals surface area contributed by atoms with E-state index in [0.29, 0.717) is 13.0 Å². The molecular weight excluding hydrogens is 178 g/mol. The van der Waals surface area contributed by atoms with E-state index >= 15 is 0 Å². The summed E-state index contributed by atoms with van der Waals surface area (Å²) in [5.74, 6) is 0. The third-order valence-electron chi connectivity index (χ3n) is 1.27. The highest BCUT2D eigenvalue weighted by Gasteiger charge is 2.00. The Morgan fingerprint density at radius 2 is 2.25 bits per heavy atom. The molecule has 0 aliphatic rings. The molecule has 0 aliphatic carbocycles. The second-order valence-electron chi connectivity index (χ2n) is 2.57. The van der Waals surface area contributed by atoms with E-state index in [1.807, 2.05) is 13.8 Å². The average Bonchev–Trinajstić information content (AvgIpc) is 2.00. The van der Waals surface area contributed by atoms with Gasteiger partial charge in [-0.2, -0.15) is 0 Å². The predicted octanol–water partition coefficient (Wildman–Crippen LogP) is 1.06. The van der Waals surface area contributed by atoms with Crippen LogP contribution in [0.3, 0.4) is 0 Å². The van der Waals surface area contributed by atoms with Gasteiger partial charge in [0, 0.05) is 6.04 Å². The molecule has 0 saturated carbocycles. The number of aliphatic hydroxyl groups is 1. The molecule has 0 saturated heterocycles. The second-order valence-corrected chi connectivity index (χ2v) is 2.57. The van der Waals surface area contributed by atoms with Crippen LogP contribution in [0.1, 0.15) is 20.3 Å². The van der Waals surface area contributed by atoms with Gasteiger partial charge >= 0.3 is 0 Å². The molecule has 0 bridgehead atoms. The highest BCUT2D eigenvalue weighted by atomic mass is 35.5. The molecule has 74 valence electrons. The molecule has 0 aliphatic heterocycles. The molecule has 0 amide bonds. The van der Waals surface area contributed by atoms with E-state index in [1.165, 1.54) is 0 Å². The molecule has 0 spiro atoms. The summed E-state index contributed by atoms with van der Waals surface area (Å²) in [4.78, 5) is 0. The predicted molar refractivity (Wildman–Crippen MR) is 52.3 cm³/mol. The maximum absolute atomic E-state index is 8.62. The van der Waals surface area contributed by atoms with Gasteiger partial charge in [0.2, 0.25) is 0 Å². The third kappa shape index (κ3) is 7.85. The minimum absolute atomic E-state index is 0. The molecule has 0 rings (SSSR count). The van der Waals surface area contributed by atoms with Crippen LogP contribution in [0.2, 0.25) is 0 Å². The lowest BCUT2D eigenvalue weighted by Gasteiger charge is -2.07. The molecule has 0 radical (unpaired) electrons. The Bertz CT molecular complexity index is 128. The molecule has 3 nitrogen and oxygen atoms in total. The van der Waals surface area contributed by atoms with Crippen molar-refractivity contribution in [1.82, 2.24) is 0 Å². The quantitative estimate of drug-likeness (QED) is 0.645. The molecule has 1 unspecified atom stereocenters. The summed E-state index contributed by atoms with van der Waals surface area (Å²) in [7, 11) is 0. The summed E-state index contributed by atoms with van der Waals surface area (Å²) in [5, 5.41) is 8.62. The summed E-state index contributed by atoms with van der Waals surface area (Å²) in [6.45, 7) is 4.56. The summed E-state index contributed by atoms with van der Waals surface area (Å²) >= 11 is 0. The molecule has 0 aromatic heterocycles. The summed E-state index contributed by atoms with van der Waals surface area (Å²) < 4.78 is 5.04. The van der Waals surface area contributed by atoms with E-state index in [4.69, 9.17) is 15.6 Å². The number of aliphatic hydroxyl groups excluding tert-OH is 1. The van der Waals surface area contributed by atoms with Crippen molar-refractivity contribution >= 4 is 12.4 Å². The SMILES string of the molecule is CCO/C=C(\C)CC(N)CO.Cl. The van der Waals surface area contributed by atoms with Crippen LogP contribution in [-0.2, 0) is 4.74 Å². The zero-order valence-electron chi connectivity index (χ0n) is 7.62. The number of hydrogen-bond donors (Lipinski definition) is 2. The first-order valence-corrected chi connectivity index (χ1v) is 3.84. The van der Waals surface area contributed by atoms with Gasteiger partial charge in [0.15, 0.2) is 0 Å². The Hall–Kier alpha value is -0.250. The molecule has 0 aromatic carbocycles. The van der Waals surface area contributed by atoms with Crippen LogP contribution in [0, 0.1) is 0 Å². The summed E-state index contributed by atoms with van der Waals surface area (Å²) in [6.07, 6.45) is 2.38. The van der Waals surface area contributed by atoms with Crippen molar-refractivity contribution in [2.24, 2.45) is 5.73 Å². The van der Waals surface area contributed by atoms with E-state index in [-0.39, 0.29) is 25.1 Å². The van der Waals surface area contributed by atoms with Gasteiger partial charge in [0.05, 0.1) is 19.5 Å². The van der Waals surface area contributed by atoms with Gasteiger partial charge in [0.1, 0.15) is 0 Å². The molecule has 0 heterocycles. The number of rotatable bonds is 5. The van der Waals surface area contributed by atoms with Gasteiger partial charge in [-0.1, -0.05) is 0 Å². The standard InChI is InChI=1S/C8H17NO2.ClH/c1-3-11-6-7(2)4-8(9)5-10;/h6,8,10H,3-5,9H2,1-2H3;1H/b7-6+;. The monoisotopic (exact) mass is 195 g/mol. The van der Waals surface area contributed by atoms with Crippen molar-refractivity contribution in [1.29, 1.82) is 0 Å². The van der Waals surface area contributed by atoms with Crippen LogP contribution in [0.4, 0.5) is 0 Å². The zero-order valence-corrected chi connectivity index (χ0v) is 8.43. The van der Waals surface area contributed by atoms with E-state index < -0.39 is 0 Å². The Morgan fingerprint density at radius 3 is 2.67 bits per heavy atom. The Morgan fingerprint density at radius 1 is 1.67 bits per heavy atom. The second kappa shape index (κ2) is 8.84. The lowest BCUT2D eigenvalue weighted by molar-refractivity contribution is 0.254. The van der Waals surface area contributed by atoms with Crippen LogP contribution >= 0.6 is 12.4 Å². The topological polar surface area (TPSA) is 55.5 Å². The highest BCUT2D eigenvalue weighted by Crippen LogP contribution is 2.02. The number of hydrogen-bond acceptors (Lipinski definition) is 3. The van der Waals surface area contributed by atoms with E-state index in [2.05, 4.69) is 0 Å². The van der Waals surface area contributed by atoms with Crippen molar-refractivity contribution < 1.29 is 9.84 Å². The van der Waals surface area contributed by atoms with Crippen LogP contribution in [0.5, 0.6) is 0 Å². The van der Waals surface area contributed by atoms with Crippen molar-refractivity contribution in [3.63, 3.8) is 0 Å². The van der Waals surface area contributed by atoms with Crippen molar-refractivity contribution in [3.8, 4) is 0 Å². The van der Waals surface area contributed by atoms with Gasteiger partial charge < -0.3 is 15.6 Å².